The van der Waals surface area contributed by atoms with Crippen LogP contribution in [0, 0.1) is 13.8 Å². The average Bonchev–Trinajstić information content (AvgIpc) is 3.08. The minimum absolute atomic E-state index is 0.0844. The molecule has 3 aromatic rings. The lowest BCUT2D eigenvalue weighted by Gasteiger charge is -2.26. The van der Waals surface area contributed by atoms with Crippen molar-refractivity contribution in [2.75, 3.05) is 12.0 Å². The molecule has 1 saturated heterocycles. The van der Waals surface area contributed by atoms with E-state index in [1.165, 1.54) is 24.1 Å². The Kier molecular flexibility index (Phi) is 7.53. The fourth-order valence-electron chi connectivity index (χ4n) is 4.62. The van der Waals surface area contributed by atoms with Crippen LogP contribution >= 0.6 is 23.2 Å². The zero-order valence-corrected chi connectivity index (χ0v) is 22.6. The molecule has 1 fully saturated rings. The molecule has 37 heavy (non-hydrogen) atoms. The van der Waals surface area contributed by atoms with E-state index >= 15 is 0 Å². The lowest BCUT2D eigenvalue weighted by Crippen LogP contribution is -2.29. The number of aliphatic hydroxyl groups is 1. The average molecular weight is 540 g/mol. The van der Waals surface area contributed by atoms with E-state index < -0.39 is 23.5 Å². The summed E-state index contributed by atoms with van der Waals surface area (Å²) >= 11 is 12.5. The standard InChI is InChI=1S/C29H27Cl2NO5/c1-15(2)37-21-8-6-7-18(12-21)25-24(26(33)22-13-19(30)14-23(31)28(22)36-5)27(34)29(35)32(25)20-10-16(3)9-17(4)11-20/h6-15,25,33H,1-5H3/b26-24+. The maximum atomic E-state index is 13.5. The van der Waals surface area contributed by atoms with Gasteiger partial charge in [0.05, 0.1) is 35.4 Å². The zero-order chi connectivity index (χ0) is 27.0. The number of hydrogen-bond donors (Lipinski definition) is 1. The second-order valence-corrected chi connectivity index (χ2v) is 10.1. The van der Waals surface area contributed by atoms with Gasteiger partial charge < -0.3 is 14.6 Å². The molecule has 1 aliphatic rings. The highest BCUT2D eigenvalue weighted by Gasteiger charge is 2.47. The fraction of sp³-hybridized carbons (Fsp3) is 0.241. The van der Waals surface area contributed by atoms with Crippen LogP contribution in [0.2, 0.25) is 10.0 Å². The highest BCUT2D eigenvalue weighted by atomic mass is 35.5. The summed E-state index contributed by atoms with van der Waals surface area (Å²) < 4.78 is 11.3. The van der Waals surface area contributed by atoms with E-state index in [1.54, 1.807) is 24.3 Å². The monoisotopic (exact) mass is 539 g/mol. The number of halogens is 2. The van der Waals surface area contributed by atoms with Crippen LogP contribution in [0.15, 0.2) is 60.2 Å². The number of rotatable bonds is 6. The Balaban J connectivity index is 2.02. The number of ether oxygens (including phenoxy) is 2. The van der Waals surface area contributed by atoms with Crippen LogP contribution in [0.1, 0.15) is 42.1 Å². The van der Waals surface area contributed by atoms with Gasteiger partial charge >= 0.3 is 0 Å². The molecule has 0 bridgehead atoms. The van der Waals surface area contributed by atoms with Gasteiger partial charge in [0.1, 0.15) is 17.3 Å². The van der Waals surface area contributed by atoms with Crippen LogP contribution in [-0.2, 0) is 9.59 Å². The SMILES string of the molecule is COc1c(Cl)cc(Cl)cc1/C(O)=C1\C(=O)C(=O)N(c2cc(C)cc(C)c2)C1c1cccc(OC(C)C)c1. The van der Waals surface area contributed by atoms with Gasteiger partial charge in [0.15, 0.2) is 0 Å². The van der Waals surface area contributed by atoms with Crippen LogP contribution in [0.25, 0.3) is 5.76 Å². The third kappa shape index (κ3) is 5.17. The summed E-state index contributed by atoms with van der Waals surface area (Å²) in [5, 5.41) is 11.9. The van der Waals surface area contributed by atoms with E-state index in [4.69, 9.17) is 32.7 Å². The van der Waals surface area contributed by atoms with E-state index in [-0.39, 0.29) is 33.0 Å². The van der Waals surface area contributed by atoms with Gasteiger partial charge in [0.25, 0.3) is 11.7 Å². The van der Waals surface area contributed by atoms with Crippen LogP contribution in [0.3, 0.4) is 0 Å². The molecule has 0 aliphatic carbocycles. The number of carbonyl (C=O) groups is 2. The van der Waals surface area contributed by atoms with Gasteiger partial charge in [-0.15, -0.1) is 0 Å². The van der Waals surface area contributed by atoms with Crippen molar-refractivity contribution in [3.63, 3.8) is 0 Å². The molecule has 1 heterocycles. The van der Waals surface area contributed by atoms with Gasteiger partial charge in [-0.25, -0.2) is 0 Å². The first kappa shape index (κ1) is 26.6. The summed E-state index contributed by atoms with van der Waals surface area (Å²) in [6.45, 7) is 7.64. The van der Waals surface area contributed by atoms with Crippen molar-refractivity contribution in [2.24, 2.45) is 0 Å². The molecule has 0 spiro atoms. The Morgan fingerprint density at radius 2 is 1.68 bits per heavy atom. The Labute approximate surface area is 226 Å². The molecular formula is C29H27Cl2NO5. The number of Topliss-reactive ketones (excluding diaryl/α,β-unsaturated/α-hetero) is 1. The summed E-state index contributed by atoms with van der Waals surface area (Å²) in [5.41, 5.74) is 2.98. The number of carbonyl (C=O) groups excluding carboxylic acids is 2. The van der Waals surface area contributed by atoms with Gasteiger partial charge in [0, 0.05) is 10.7 Å². The number of ketones is 1. The molecule has 8 heteroatoms. The van der Waals surface area contributed by atoms with E-state index in [9.17, 15) is 14.7 Å². The number of methoxy groups -OCH3 is 1. The van der Waals surface area contributed by atoms with Crippen molar-refractivity contribution in [1.29, 1.82) is 0 Å². The van der Waals surface area contributed by atoms with Crippen molar-refractivity contribution >= 4 is 46.3 Å². The smallest absolute Gasteiger partial charge is 0.300 e. The quantitative estimate of drug-likeness (QED) is 0.206. The first-order valence-electron chi connectivity index (χ1n) is 11.7. The van der Waals surface area contributed by atoms with E-state index in [0.717, 1.165) is 11.1 Å². The van der Waals surface area contributed by atoms with Gasteiger partial charge in [-0.1, -0.05) is 41.4 Å². The Morgan fingerprint density at radius 1 is 1.00 bits per heavy atom. The predicted molar refractivity (Wildman–Crippen MR) is 146 cm³/mol. The normalized spacial score (nSPS) is 17.0. The minimum atomic E-state index is -0.945. The van der Waals surface area contributed by atoms with Gasteiger partial charge in [0.2, 0.25) is 0 Å². The number of amides is 1. The lowest BCUT2D eigenvalue weighted by molar-refractivity contribution is -0.132. The van der Waals surface area contributed by atoms with Crippen molar-refractivity contribution in [3.05, 3.63) is 92.5 Å². The highest BCUT2D eigenvalue weighted by Crippen LogP contribution is 2.45. The second kappa shape index (κ2) is 10.5. The van der Waals surface area contributed by atoms with Crippen molar-refractivity contribution in [3.8, 4) is 11.5 Å². The first-order valence-corrected chi connectivity index (χ1v) is 12.5. The fourth-order valence-corrected chi connectivity index (χ4v) is 5.19. The molecule has 1 atom stereocenters. The summed E-state index contributed by atoms with van der Waals surface area (Å²) in [6, 6.07) is 14.7. The molecule has 0 aromatic heterocycles. The van der Waals surface area contributed by atoms with Crippen LogP contribution in [0.5, 0.6) is 11.5 Å². The molecule has 1 unspecified atom stereocenters. The number of anilines is 1. The molecule has 1 N–H and O–H groups in total. The second-order valence-electron chi connectivity index (χ2n) is 9.22. The number of hydrogen-bond acceptors (Lipinski definition) is 5. The third-order valence-corrected chi connectivity index (χ3v) is 6.44. The Hall–Kier alpha value is -3.48. The predicted octanol–water partition coefficient (Wildman–Crippen LogP) is 7.03. The number of nitrogens with zero attached hydrogens (tertiary/aromatic N) is 1. The van der Waals surface area contributed by atoms with Crippen LogP contribution in [0.4, 0.5) is 5.69 Å². The van der Waals surface area contributed by atoms with Gasteiger partial charge in [-0.05, 0) is 80.8 Å². The van der Waals surface area contributed by atoms with E-state index in [0.29, 0.717) is 17.0 Å². The van der Waals surface area contributed by atoms with Crippen LogP contribution in [-0.4, -0.2) is 30.0 Å². The summed E-state index contributed by atoms with van der Waals surface area (Å²) in [5.74, 6) is -1.33. The van der Waals surface area contributed by atoms with E-state index in [1.807, 2.05) is 45.9 Å². The topological polar surface area (TPSA) is 76.1 Å². The number of aliphatic hydroxyl groups excluding tert-OH is 1. The number of aryl methyl sites for hydroxylation is 2. The molecular weight excluding hydrogens is 513 g/mol. The maximum absolute atomic E-state index is 13.5. The Morgan fingerprint density at radius 3 is 2.30 bits per heavy atom. The van der Waals surface area contributed by atoms with Crippen molar-refractivity contribution < 1.29 is 24.2 Å². The van der Waals surface area contributed by atoms with Crippen molar-refractivity contribution in [2.45, 2.75) is 39.8 Å². The van der Waals surface area contributed by atoms with Gasteiger partial charge in [-0.3, -0.25) is 14.5 Å². The molecule has 1 aliphatic heterocycles. The molecule has 6 nitrogen and oxygen atoms in total. The largest absolute Gasteiger partial charge is 0.507 e. The zero-order valence-electron chi connectivity index (χ0n) is 21.1. The first-order chi connectivity index (χ1) is 17.5. The highest BCUT2D eigenvalue weighted by molar-refractivity contribution is 6.52. The number of benzene rings is 3. The summed E-state index contributed by atoms with van der Waals surface area (Å²) in [4.78, 5) is 28.5. The molecule has 1 amide bonds. The summed E-state index contributed by atoms with van der Waals surface area (Å²) in [6.07, 6.45) is -0.0844. The van der Waals surface area contributed by atoms with Gasteiger partial charge in [-0.2, -0.15) is 0 Å². The van der Waals surface area contributed by atoms with Crippen molar-refractivity contribution in [1.82, 2.24) is 0 Å². The minimum Gasteiger partial charge on any atom is -0.507 e. The summed E-state index contributed by atoms with van der Waals surface area (Å²) in [7, 11) is 1.39. The third-order valence-electron chi connectivity index (χ3n) is 5.94. The molecule has 0 saturated carbocycles. The van der Waals surface area contributed by atoms with Crippen LogP contribution < -0.4 is 14.4 Å². The molecule has 192 valence electrons. The molecule has 3 aromatic carbocycles. The molecule has 4 rings (SSSR count). The maximum Gasteiger partial charge on any atom is 0.300 e. The Bertz CT molecular complexity index is 1410. The molecule has 0 radical (unpaired) electrons. The van der Waals surface area contributed by atoms with E-state index in [2.05, 4.69) is 0 Å². The lowest BCUT2D eigenvalue weighted by atomic mass is 9.94.